The summed E-state index contributed by atoms with van der Waals surface area (Å²) in [7, 11) is 0. The SMILES string of the molecule is CCCCCCCCCCCCCCCC(=O)OCCCC.CCCCCCCCCCCCCCCCCC(=O)OCCCC. The van der Waals surface area contributed by atoms with Crippen LogP contribution in [0.5, 0.6) is 0 Å². The molecule has 0 N–H and O–H groups in total. The lowest BCUT2D eigenvalue weighted by atomic mass is 10.0. The Labute approximate surface area is 289 Å². The van der Waals surface area contributed by atoms with Gasteiger partial charge in [0.15, 0.2) is 0 Å². The molecule has 0 amide bonds. The zero-order valence-corrected chi connectivity index (χ0v) is 32.1. The third kappa shape index (κ3) is 45.1. The van der Waals surface area contributed by atoms with Gasteiger partial charge < -0.3 is 9.47 Å². The molecule has 0 aromatic carbocycles. The Morgan fingerprint density at radius 3 is 0.696 bits per heavy atom. The van der Waals surface area contributed by atoms with E-state index in [0.29, 0.717) is 26.1 Å². The van der Waals surface area contributed by atoms with Crippen LogP contribution >= 0.6 is 0 Å². The Morgan fingerprint density at radius 1 is 0.283 bits per heavy atom. The molecule has 0 aromatic rings. The van der Waals surface area contributed by atoms with Crippen molar-refractivity contribution in [3.63, 3.8) is 0 Å². The molecule has 276 valence electrons. The second kappa shape index (κ2) is 43.9. The van der Waals surface area contributed by atoms with Gasteiger partial charge in [0.05, 0.1) is 13.2 Å². The number of carbonyl (C=O) groups excluding carboxylic acids is 2. The first-order valence-electron chi connectivity index (χ1n) is 20.9. The third-order valence-electron chi connectivity index (χ3n) is 8.99. The van der Waals surface area contributed by atoms with Crippen LogP contribution in [0, 0.1) is 0 Å². The highest BCUT2D eigenvalue weighted by atomic mass is 16.5. The fourth-order valence-corrected chi connectivity index (χ4v) is 5.73. The van der Waals surface area contributed by atoms with E-state index in [2.05, 4.69) is 27.7 Å². The van der Waals surface area contributed by atoms with E-state index in [0.717, 1.165) is 38.5 Å². The fraction of sp³-hybridized carbons (Fsp3) is 0.952. The lowest BCUT2D eigenvalue weighted by Gasteiger charge is -2.04. The molecule has 0 aliphatic rings. The maximum Gasteiger partial charge on any atom is 0.305 e. The van der Waals surface area contributed by atoms with Crippen LogP contribution in [0.3, 0.4) is 0 Å². The van der Waals surface area contributed by atoms with Gasteiger partial charge in [0.25, 0.3) is 0 Å². The van der Waals surface area contributed by atoms with Crippen molar-refractivity contribution in [3.05, 3.63) is 0 Å². The molecule has 0 radical (unpaired) electrons. The molecule has 0 aliphatic carbocycles. The second-order valence-electron chi connectivity index (χ2n) is 13.8. The van der Waals surface area contributed by atoms with E-state index in [1.165, 1.54) is 167 Å². The highest BCUT2D eigenvalue weighted by molar-refractivity contribution is 5.69. The summed E-state index contributed by atoms with van der Waals surface area (Å²) in [4.78, 5) is 22.8. The number of hydrogen-bond acceptors (Lipinski definition) is 4. The molecule has 0 heterocycles. The van der Waals surface area contributed by atoms with Crippen LogP contribution in [0.2, 0.25) is 0 Å². The summed E-state index contributed by atoms with van der Waals surface area (Å²) in [6.07, 6.45) is 43.2. The van der Waals surface area contributed by atoms with Crippen molar-refractivity contribution < 1.29 is 19.1 Å². The van der Waals surface area contributed by atoms with Crippen molar-refractivity contribution in [2.45, 2.75) is 246 Å². The van der Waals surface area contributed by atoms with Gasteiger partial charge >= 0.3 is 11.9 Å². The van der Waals surface area contributed by atoms with Gasteiger partial charge in [0, 0.05) is 12.8 Å². The summed E-state index contributed by atoms with van der Waals surface area (Å²) in [5.74, 6) is -0.00494. The van der Waals surface area contributed by atoms with Crippen LogP contribution in [0.25, 0.3) is 0 Å². The maximum absolute atomic E-state index is 11.4. The molecule has 0 fully saturated rings. The van der Waals surface area contributed by atoms with Crippen LogP contribution in [0.4, 0.5) is 0 Å². The molecular formula is C42H84O4. The summed E-state index contributed by atoms with van der Waals surface area (Å²) in [6.45, 7) is 9.99. The van der Waals surface area contributed by atoms with Gasteiger partial charge in [-0.1, -0.05) is 207 Å². The molecule has 0 unspecified atom stereocenters. The minimum atomic E-state index is -0.00322. The van der Waals surface area contributed by atoms with E-state index in [9.17, 15) is 9.59 Å². The van der Waals surface area contributed by atoms with Crippen LogP contribution in [0.1, 0.15) is 246 Å². The highest BCUT2D eigenvalue weighted by Gasteiger charge is 2.03. The van der Waals surface area contributed by atoms with Gasteiger partial charge in [0.2, 0.25) is 0 Å². The third-order valence-corrected chi connectivity index (χ3v) is 8.99. The van der Waals surface area contributed by atoms with Gasteiger partial charge in [0.1, 0.15) is 0 Å². The van der Waals surface area contributed by atoms with Crippen molar-refractivity contribution >= 4 is 11.9 Å². The lowest BCUT2D eigenvalue weighted by molar-refractivity contribution is -0.144. The van der Waals surface area contributed by atoms with Crippen LogP contribution in [-0.4, -0.2) is 25.2 Å². The molecule has 0 bridgehead atoms. The Kier molecular flexibility index (Phi) is 45.0. The quantitative estimate of drug-likeness (QED) is 0.0499. The first-order valence-corrected chi connectivity index (χ1v) is 20.9. The summed E-state index contributed by atoms with van der Waals surface area (Å²) >= 11 is 0. The summed E-state index contributed by atoms with van der Waals surface area (Å²) in [6, 6.07) is 0. The van der Waals surface area contributed by atoms with Gasteiger partial charge in [-0.05, 0) is 25.7 Å². The van der Waals surface area contributed by atoms with Crippen molar-refractivity contribution in [1.82, 2.24) is 0 Å². The lowest BCUT2D eigenvalue weighted by Crippen LogP contribution is -2.05. The van der Waals surface area contributed by atoms with Crippen LogP contribution < -0.4 is 0 Å². The smallest absolute Gasteiger partial charge is 0.305 e. The van der Waals surface area contributed by atoms with E-state index in [4.69, 9.17) is 9.47 Å². The average Bonchev–Trinajstić information content (AvgIpc) is 3.05. The monoisotopic (exact) mass is 653 g/mol. The topological polar surface area (TPSA) is 52.6 Å². The number of esters is 2. The number of rotatable bonds is 36. The van der Waals surface area contributed by atoms with Crippen LogP contribution in [-0.2, 0) is 19.1 Å². The van der Waals surface area contributed by atoms with Crippen molar-refractivity contribution in [1.29, 1.82) is 0 Å². The van der Waals surface area contributed by atoms with Crippen molar-refractivity contribution in [2.75, 3.05) is 13.2 Å². The molecule has 0 rings (SSSR count). The standard InChI is InChI=1S/C22H44O2.C20H40O2/c1-3-5-7-8-9-10-11-12-13-14-15-16-17-18-19-20-22(23)24-21-6-4-2;1-3-5-7-8-9-10-11-12-13-14-15-16-17-18-20(21)22-19-6-4-2/h3-21H2,1-2H3;3-19H2,1-2H3. The number of unbranched alkanes of at least 4 members (excludes halogenated alkanes) is 28. The molecule has 0 saturated carbocycles. The van der Waals surface area contributed by atoms with Gasteiger partial charge in [-0.15, -0.1) is 0 Å². The van der Waals surface area contributed by atoms with Gasteiger partial charge in [-0.25, -0.2) is 0 Å². The summed E-state index contributed by atoms with van der Waals surface area (Å²) in [5, 5.41) is 0. The van der Waals surface area contributed by atoms with E-state index in [-0.39, 0.29) is 11.9 Å². The Bertz CT molecular complexity index is 576. The van der Waals surface area contributed by atoms with E-state index in [1.807, 2.05) is 0 Å². The average molecular weight is 653 g/mol. The molecule has 4 heteroatoms. The number of ether oxygens (including phenoxy) is 2. The Balaban J connectivity index is 0. The van der Waals surface area contributed by atoms with Crippen molar-refractivity contribution in [3.8, 4) is 0 Å². The molecular weight excluding hydrogens is 568 g/mol. The molecule has 0 spiro atoms. The minimum absolute atomic E-state index is 0.00172. The Morgan fingerprint density at radius 2 is 0.478 bits per heavy atom. The molecule has 0 atom stereocenters. The molecule has 4 nitrogen and oxygen atoms in total. The zero-order valence-electron chi connectivity index (χ0n) is 32.1. The number of hydrogen-bond donors (Lipinski definition) is 0. The van der Waals surface area contributed by atoms with Crippen molar-refractivity contribution in [2.24, 2.45) is 0 Å². The Hall–Kier alpha value is -1.06. The normalized spacial score (nSPS) is 10.9. The predicted octanol–water partition coefficient (Wildman–Crippen LogP) is 14.4. The van der Waals surface area contributed by atoms with Gasteiger partial charge in [-0.3, -0.25) is 9.59 Å². The first kappa shape index (κ1) is 47.1. The van der Waals surface area contributed by atoms with Gasteiger partial charge in [-0.2, -0.15) is 0 Å². The molecule has 0 saturated heterocycles. The maximum atomic E-state index is 11.4. The first-order chi connectivity index (χ1) is 22.6. The summed E-state index contributed by atoms with van der Waals surface area (Å²) < 4.78 is 10.3. The zero-order chi connectivity index (χ0) is 34.0. The fourth-order valence-electron chi connectivity index (χ4n) is 5.73. The number of carbonyl (C=O) groups is 2. The largest absolute Gasteiger partial charge is 0.466 e. The van der Waals surface area contributed by atoms with E-state index < -0.39 is 0 Å². The predicted molar refractivity (Wildman–Crippen MR) is 202 cm³/mol. The molecule has 0 aliphatic heterocycles. The highest BCUT2D eigenvalue weighted by Crippen LogP contribution is 2.15. The summed E-state index contributed by atoms with van der Waals surface area (Å²) in [5.41, 5.74) is 0. The van der Waals surface area contributed by atoms with Crippen LogP contribution in [0.15, 0.2) is 0 Å². The molecule has 46 heavy (non-hydrogen) atoms. The molecule has 0 aromatic heterocycles. The second-order valence-corrected chi connectivity index (χ2v) is 13.8. The van der Waals surface area contributed by atoms with E-state index in [1.54, 1.807) is 0 Å². The van der Waals surface area contributed by atoms with E-state index >= 15 is 0 Å². The minimum Gasteiger partial charge on any atom is -0.466 e.